The van der Waals surface area contributed by atoms with Crippen molar-refractivity contribution >= 4 is 11.6 Å². The van der Waals surface area contributed by atoms with E-state index in [9.17, 15) is 0 Å². The van der Waals surface area contributed by atoms with Gasteiger partial charge in [-0.25, -0.2) is 0 Å². The van der Waals surface area contributed by atoms with Crippen molar-refractivity contribution in [2.75, 3.05) is 0 Å². The van der Waals surface area contributed by atoms with E-state index in [1.54, 1.807) is 0 Å². The Morgan fingerprint density at radius 2 is 1.86 bits per heavy atom. The second-order valence-electron chi connectivity index (χ2n) is 3.98. The average molecular weight is 213 g/mol. The van der Waals surface area contributed by atoms with E-state index in [1.165, 1.54) is 0 Å². The van der Waals surface area contributed by atoms with Crippen molar-refractivity contribution in [3.05, 3.63) is 28.8 Å². The quantitative estimate of drug-likeness (QED) is 0.734. The molecule has 1 aromatic rings. The highest BCUT2D eigenvalue weighted by molar-refractivity contribution is 6.31. The first-order valence-electron chi connectivity index (χ1n) is 4.93. The fraction of sp³-hybridized carbons (Fsp3) is 0.500. The maximum atomic E-state index is 6.00. The van der Waals surface area contributed by atoms with Crippen LogP contribution in [0.5, 0.6) is 5.75 Å². The van der Waals surface area contributed by atoms with Crippen LogP contribution >= 0.6 is 11.6 Å². The van der Waals surface area contributed by atoms with E-state index in [1.807, 2.05) is 25.1 Å². The van der Waals surface area contributed by atoms with Gasteiger partial charge >= 0.3 is 0 Å². The molecule has 0 aromatic heterocycles. The van der Waals surface area contributed by atoms with E-state index < -0.39 is 0 Å². The van der Waals surface area contributed by atoms with Crippen molar-refractivity contribution in [3.63, 3.8) is 0 Å². The van der Waals surface area contributed by atoms with Crippen molar-refractivity contribution in [1.82, 2.24) is 0 Å². The van der Waals surface area contributed by atoms with E-state index in [-0.39, 0.29) is 6.10 Å². The summed E-state index contributed by atoms with van der Waals surface area (Å²) in [7, 11) is 0. The van der Waals surface area contributed by atoms with Crippen molar-refractivity contribution in [2.45, 2.75) is 33.8 Å². The van der Waals surface area contributed by atoms with E-state index in [0.29, 0.717) is 5.92 Å². The minimum Gasteiger partial charge on any atom is -0.490 e. The molecule has 0 N–H and O–H groups in total. The Morgan fingerprint density at radius 3 is 2.36 bits per heavy atom. The zero-order valence-corrected chi connectivity index (χ0v) is 9.93. The predicted molar refractivity (Wildman–Crippen MR) is 61.1 cm³/mol. The molecule has 0 heterocycles. The van der Waals surface area contributed by atoms with Gasteiger partial charge in [0.15, 0.2) is 0 Å². The zero-order chi connectivity index (χ0) is 10.7. The summed E-state index contributed by atoms with van der Waals surface area (Å²) in [6.45, 7) is 8.33. The summed E-state index contributed by atoms with van der Waals surface area (Å²) in [5.41, 5.74) is 1.08. The summed E-state index contributed by atoms with van der Waals surface area (Å²) in [5.74, 6) is 1.36. The molecule has 78 valence electrons. The monoisotopic (exact) mass is 212 g/mol. The Kier molecular flexibility index (Phi) is 3.82. The van der Waals surface area contributed by atoms with Gasteiger partial charge in [0, 0.05) is 5.02 Å². The lowest BCUT2D eigenvalue weighted by Gasteiger charge is -2.18. The Bertz CT molecular complexity index is 307. The first-order chi connectivity index (χ1) is 6.50. The van der Waals surface area contributed by atoms with Gasteiger partial charge in [0.25, 0.3) is 0 Å². The van der Waals surface area contributed by atoms with Gasteiger partial charge in [-0.1, -0.05) is 31.5 Å². The van der Waals surface area contributed by atoms with Gasteiger partial charge in [0.1, 0.15) is 5.75 Å². The molecule has 0 radical (unpaired) electrons. The largest absolute Gasteiger partial charge is 0.490 e. The van der Waals surface area contributed by atoms with Crippen molar-refractivity contribution < 1.29 is 4.74 Å². The van der Waals surface area contributed by atoms with E-state index in [4.69, 9.17) is 16.3 Å². The lowest BCUT2D eigenvalue weighted by Crippen LogP contribution is -2.18. The number of ether oxygens (including phenoxy) is 1. The summed E-state index contributed by atoms with van der Waals surface area (Å²) >= 11 is 6.00. The molecule has 0 saturated heterocycles. The first-order valence-corrected chi connectivity index (χ1v) is 5.31. The molecular formula is C12H17ClO. The number of benzene rings is 1. The van der Waals surface area contributed by atoms with Crippen LogP contribution in [0.4, 0.5) is 0 Å². The molecule has 1 atom stereocenters. The minimum atomic E-state index is 0.216. The van der Waals surface area contributed by atoms with Crippen molar-refractivity contribution in [3.8, 4) is 5.75 Å². The molecule has 0 bridgehead atoms. The molecule has 0 saturated carbocycles. The fourth-order valence-electron chi connectivity index (χ4n) is 0.998. The Labute approximate surface area is 91.0 Å². The van der Waals surface area contributed by atoms with Crippen LogP contribution in [0.2, 0.25) is 5.02 Å². The van der Waals surface area contributed by atoms with Crippen LogP contribution in [-0.2, 0) is 0 Å². The molecule has 0 aliphatic carbocycles. The summed E-state index contributed by atoms with van der Waals surface area (Å²) < 4.78 is 5.73. The van der Waals surface area contributed by atoms with Crippen LogP contribution in [0.3, 0.4) is 0 Å². The highest BCUT2D eigenvalue weighted by Gasteiger charge is 2.08. The third-order valence-corrected chi connectivity index (χ3v) is 2.81. The molecule has 0 fully saturated rings. The van der Waals surface area contributed by atoms with Crippen LogP contribution < -0.4 is 4.74 Å². The third-order valence-electron chi connectivity index (χ3n) is 2.40. The standard InChI is InChI=1S/C12H17ClO/c1-8(2)10(4)14-11-6-5-9(3)12(13)7-11/h5-8,10H,1-4H3/t10-/m1/s1. The number of halogens is 1. The van der Waals surface area contributed by atoms with E-state index in [0.717, 1.165) is 16.3 Å². The van der Waals surface area contributed by atoms with Crippen LogP contribution in [0, 0.1) is 12.8 Å². The van der Waals surface area contributed by atoms with Crippen molar-refractivity contribution in [2.24, 2.45) is 5.92 Å². The second kappa shape index (κ2) is 4.70. The summed E-state index contributed by atoms with van der Waals surface area (Å²) in [6.07, 6.45) is 0.216. The van der Waals surface area contributed by atoms with Gasteiger partial charge in [-0.15, -0.1) is 0 Å². The maximum Gasteiger partial charge on any atom is 0.121 e. The molecule has 0 aliphatic heterocycles. The first kappa shape index (κ1) is 11.4. The molecule has 1 rings (SSSR count). The molecule has 2 heteroatoms. The van der Waals surface area contributed by atoms with E-state index >= 15 is 0 Å². The van der Waals surface area contributed by atoms with Gasteiger partial charge in [0.2, 0.25) is 0 Å². The molecular weight excluding hydrogens is 196 g/mol. The molecule has 0 spiro atoms. The second-order valence-corrected chi connectivity index (χ2v) is 4.39. The zero-order valence-electron chi connectivity index (χ0n) is 9.17. The SMILES string of the molecule is Cc1ccc(O[C@H](C)C(C)C)cc1Cl. The van der Waals surface area contributed by atoms with Crippen LogP contribution in [0.25, 0.3) is 0 Å². The summed E-state index contributed by atoms with van der Waals surface area (Å²) in [5, 5.41) is 0.762. The Hall–Kier alpha value is -0.690. The molecule has 0 unspecified atom stereocenters. The van der Waals surface area contributed by atoms with Gasteiger partial charge < -0.3 is 4.74 Å². The van der Waals surface area contributed by atoms with Crippen LogP contribution in [-0.4, -0.2) is 6.10 Å². The van der Waals surface area contributed by atoms with Gasteiger partial charge in [0.05, 0.1) is 6.10 Å². The third kappa shape index (κ3) is 2.91. The van der Waals surface area contributed by atoms with Crippen LogP contribution in [0.1, 0.15) is 26.3 Å². The highest BCUT2D eigenvalue weighted by atomic mass is 35.5. The number of hydrogen-bond acceptors (Lipinski definition) is 1. The molecule has 0 amide bonds. The Balaban J connectivity index is 2.73. The van der Waals surface area contributed by atoms with Gasteiger partial charge in [-0.3, -0.25) is 0 Å². The fourth-order valence-corrected chi connectivity index (χ4v) is 1.17. The van der Waals surface area contributed by atoms with Crippen LogP contribution in [0.15, 0.2) is 18.2 Å². The molecule has 1 nitrogen and oxygen atoms in total. The Morgan fingerprint density at radius 1 is 1.21 bits per heavy atom. The smallest absolute Gasteiger partial charge is 0.121 e. The average Bonchev–Trinajstić information content (AvgIpc) is 2.11. The summed E-state index contributed by atoms with van der Waals surface area (Å²) in [6, 6.07) is 5.81. The van der Waals surface area contributed by atoms with E-state index in [2.05, 4.69) is 20.8 Å². The highest BCUT2D eigenvalue weighted by Crippen LogP contribution is 2.23. The predicted octanol–water partition coefficient (Wildman–Crippen LogP) is 4.07. The molecule has 14 heavy (non-hydrogen) atoms. The lowest BCUT2D eigenvalue weighted by atomic mass is 10.1. The normalized spacial score (nSPS) is 13.0. The van der Waals surface area contributed by atoms with Gasteiger partial charge in [-0.05, 0) is 37.5 Å². The summed E-state index contributed by atoms with van der Waals surface area (Å²) in [4.78, 5) is 0. The van der Waals surface area contributed by atoms with Crippen molar-refractivity contribution in [1.29, 1.82) is 0 Å². The molecule has 1 aromatic carbocycles. The number of aryl methyl sites for hydroxylation is 1. The number of rotatable bonds is 3. The van der Waals surface area contributed by atoms with Gasteiger partial charge in [-0.2, -0.15) is 0 Å². The topological polar surface area (TPSA) is 9.23 Å². The molecule has 0 aliphatic rings. The number of hydrogen-bond donors (Lipinski definition) is 0. The minimum absolute atomic E-state index is 0.216. The lowest BCUT2D eigenvalue weighted by molar-refractivity contribution is 0.170. The maximum absolute atomic E-state index is 6.00.